The van der Waals surface area contributed by atoms with E-state index in [2.05, 4.69) is 15.3 Å². The SMILES string of the molecule is CCCNC(=O)CSc1nc(C2CC2)nc2ccccc12. The molecule has 1 N–H and O–H groups in total. The van der Waals surface area contributed by atoms with E-state index in [9.17, 15) is 4.79 Å². The van der Waals surface area contributed by atoms with Gasteiger partial charge in [-0.05, 0) is 25.3 Å². The van der Waals surface area contributed by atoms with Crippen molar-refractivity contribution in [2.24, 2.45) is 0 Å². The molecule has 2 aromatic rings. The smallest absolute Gasteiger partial charge is 0.230 e. The van der Waals surface area contributed by atoms with Crippen LogP contribution < -0.4 is 5.32 Å². The molecule has 1 saturated carbocycles. The van der Waals surface area contributed by atoms with Crippen LogP contribution in [0.4, 0.5) is 0 Å². The number of para-hydroxylation sites is 1. The van der Waals surface area contributed by atoms with Crippen molar-refractivity contribution in [2.45, 2.75) is 37.1 Å². The van der Waals surface area contributed by atoms with Gasteiger partial charge in [0.1, 0.15) is 10.9 Å². The Hall–Kier alpha value is -1.62. The maximum Gasteiger partial charge on any atom is 0.230 e. The van der Waals surface area contributed by atoms with Crippen LogP contribution in [0.1, 0.15) is 37.9 Å². The highest BCUT2D eigenvalue weighted by atomic mass is 32.2. The fraction of sp³-hybridized carbons (Fsp3) is 0.438. The molecule has 4 nitrogen and oxygen atoms in total. The van der Waals surface area contributed by atoms with Gasteiger partial charge in [0.25, 0.3) is 0 Å². The van der Waals surface area contributed by atoms with E-state index in [4.69, 9.17) is 0 Å². The zero-order chi connectivity index (χ0) is 14.7. The quantitative estimate of drug-likeness (QED) is 0.658. The maximum atomic E-state index is 11.8. The summed E-state index contributed by atoms with van der Waals surface area (Å²) in [5, 5.41) is 4.86. The van der Waals surface area contributed by atoms with E-state index < -0.39 is 0 Å². The summed E-state index contributed by atoms with van der Waals surface area (Å²) >= 11 is 1.50. The fourth-order valence-corrected chi connectivity index (χ4v) is 3.00. The standard InChI is InChI=1S/C16H19N3OS/c1-2-9-17-14(20)10-21-16-12-5-3-4-6-13(12)18-15(19-16)11-7-8-11/h3-6,11H,2,7-10H2,1H3,(H,17,20). The summed E-state index contributed by atoms with van der Waals surface area (Å²) in [5.41, 5.74) is 0.978. The minimum atomic E-state index is 0.0671. The summed E-state index contributed by atoms with van der Waals surface area (Å²) < 4.78 is 0. The summed E-state index contributed by atoms with van der Waals surface area (Å²) in [7, 11) is 0. The molecule has 0 unspecified atom stereocenters. The third-order valence-corrected chi connectivity index (χ3v) is 4.43. The number of thioether (sulfide) groups is 1. The largest absolute Gasteiger partial charge is 0.355 e. The minimum absolute atomic E-state index is 0.0671. The first-order valence-electron chi connectivity index (χ1n) is 7.44. The Morgan fingerprint density at radius 3 is 2.90 bits per heavy atom. The lowest BCUT2D eigenvalue weighted by Gasteiger charge is -2.08. The Kier molecular flexibility index (Phi) is 4.39. The Labute approximate surface area is 128 Å². The number of benzene rings is 1. The van der Waals surface area contributed by atoms with Gasteiger partial charge in [-0.15, -0.1) is 0 Å². The van der Waals surface area contributed by atoms with Gasteiger partial charge in [-0.25, -0.2) is 9.97 Å². The number of carbonyl (C=O) groups is 1. The molecule has 3 rings (SSSR count). The first kappa shape index (κ1) is 14.3. The van der Waals surface area contributed by atoms with Crippen LogP contribution in [0.5, 0.6) is 0 Å². The van der Waals surface area contributed by atoms with Crippen LogP contribution >= 0.6 is 11.8 Å². The number of amides is 1. The average molecular weight is 301 g/mol. The summed E-state index contributed by atoms with van der Waals surface area (Å²) in [6.07, 6.45) is 3.32. The minimum Gasteiger partial charge on any atom is -0.355 e. The molecule has 21 heavy (non-hydrogen) atoms. The molecule has 0 atom stereocenters. The lowest BCUT2D eigenvalue weighted by molar-refractivity contribution is -0.118. The predicted octanol–water partition coefficient (Wildman–Crippen LogP) is 3.13. The van der Waals surface area contributed by atoms with E-state index in [-0.39, 0.29) is 5.91 Å². The highest BCUT2D eigenvalue weighted by Gasteiger charge is 2.27. The van der Waals surface area contributed by atoms with Crippen LogP contribution in [0.2, 0.25) is 0 Å². The number of nitrogens with zero attached hydrogens (tertiary/aromatic N) is 2. The average Bonchev–Trinajstić information content (AvgIpc) is 3.35. The van der Waals surface area contributed by atoms with Crippen LogP contribution in [0.15, 0.2) is 29.3 Å². The zero-order valence-corrected chi connectivity index (χ0v) is 12.9. The molecule has 0 saturated heterocycles. The maximum absolute atomic E-state index is 11.8. The van der Waals surface area contributed by atoms with Crippen LogP contribution in [0.3, 0.4) is 0 Å². The molecule has 1 aromatic carbocycles. The highest BCUT2D eigenvalue weighted by molar-refractivity contribution is 8.00. The van der Waals surface area contributed by atoms with Gasteiger partial charge >= 0.3 is 0 Å². The van der Waals surface area contributed by atoms with Crippen LogP contribution in [0, 0.1) is 0 Å². The molecule has 1 aliphatic rings. The monoisotopic (exact) mass is 301 g/mol. The number of hydrogen-bond donors (Lipinski definition) is 1. The van der Waals surface area contributed by atoms with E-state index in [1.807, 2.05) is 31.2 Å². The molecule has 0 bridgehead atoms. The van der Waals surface area contributed by atoms with Gasteiger partial charge in [-0.2, -0.15) is 0 Å². The van der Waals surface area contributed by atoms with E-state index in [0.29, 0.717) is 11.7 Å². The summed E-state index contributed by atoms with van der Waals surface area (Å²) in [6.45, 7) is 2.78. The molecule has 1 heterocycles. The van der Waals surface area contributed by atoms with Crippen LogP contribution in [-0.2, 0) is 4.79 Å². The highest BCUT2D eigenvalue weighted by Crippen LogP contribution is 2.39. The molecule has 0 aliphatic heterocycles. The summed E-state index contributed by atoms with van der Waals surface area (Å²) in [5.74, 6) is 1.93. The Morgan fingerprint density at radius 1 is 1.33 bits per heavy atom. The molecule has 0 spiro atoms. The fourth-order valence-electron chi connectivity index (χ4n) is 2.15. The van der Waals surface area contributed by atoms with Gasteiger partial charge in [0.15, 0.2) is 0 Å². The second kappa shape index (κ2) is 6.43. The van der Waals surface area contributed by atoms with Crippen LogP contribution in [-0.4, -0.2) is 28.2 Å². The predicted molar refractivity (Wildman–Crippen MR) is 85.5 cm³/mol. The van der Waals surface area contributed by atoms with Gasteiger partial charge < -0.3 is 5.32 Å². The van der Waals surface area contributed by atoms with Gasteiger partial charge in [0.05, 0.1) is 11.3 Å². The van der Waals surface area contributed by atoms with Crippen molar-refractivity contribution in [1.82, 2.24) is 15.3 Å². The van der Waals surface area contributed by atoms with E-state index >= 15 is 0 Å². The number of hydrogen-bond acceptors (Lipinski definition) is 4. The number of aromatic nitrogens is 2. The van der Waals surface area contributed by atoms with Gasteiger partial charge in [-0.1, -0.05) is 36.9 Å². The number of carbonyl (C=O) groups excluding carboxylic acids is 1. The molecular formula is C16H19N3OS. The van der Waals surface area contributed by atoms with Crippen molar-refractivity contribution in [3.05, 3.63) is 30.1 Å². The first-order valence-corrected chi connectivity index (χ1v) is 8.42. The third kappa shape index (κ3) is 3.53. The molecular weight excluding hydrogens is 282 g/mol. The van der Waals surface area contributed by atoms with Crippen molar-refractivity contribution in [3.63, 3.8) is 0 Å². The third-order valence-electron chi connectivity index (χ3n) is 3.44. The van der Waals surface area contributed by atoms with E-state index in [1.165, 1.54) is 24.6 Å². The van der Waals surface area contributed by atoms with Gasteiger partial charge in [-0.3, -0.25) is 4.79 Å². The van der Waals surface area contributed by atoms with Crippen LogP contribution in [0.25, 0.3) is 10.9 Å². The summed E-state index contributed by atoms with van der Waals surface area (Å²) in [6, 6.07) is 8.03. The Morgan fingerprint density at radius 2 is 2.14 bits per heavy atom. The van der Waals surface area contributed by atoms with E-state index in [1.54, 1.807) is 0 Å². The number of nitrogens with one attached hydrogen (secondary N) is 1. The topological polar surface area (TPSA) is 54.9 Å². The Balaban J connectivity index is 1.81. The Bertz CT molecular complexity index is 655. The molecule has 0 radical (unpaired) electrons. The van der Waals surface area contributed by atoms with Gasteiger partial charge in [0.2, 0.25) is 5.91 Å². The molecule has 5 heteroatoms. The first-order chi connectivity index (χ1) is 10.3. The zero-order valence-electron chi connectivity index (χ0n) is 12.1. The van der Waals surface area contributed by atoms with Crippen molar-refractivity contribution in [1.29, 1.82) is 0 Å². The van der Waals surface area contributed by atoms with Crippen molar-refractivity contribution >= 4 is 28.6 Å². The normalized spacial score (nSPS) is 14.3. The summed E-state index contributed by atoms with van der Waals surface area (Å²) in [4.78, 5) is 21.1. The lowest BCUT2D eigenvalue weighted by atomic mass is 10.2. The van der Waals surface area contributed by atoms with Gasteiger partial charge in [0, 0.05) is 17.8 Å². The van der Waals surface area contributed by atoms with Crippen molar-refractivity contribution < 1.29 is 4.79 Å². The number of rotatable bonds is 6. The second-order valence-electron chi connectivity index (χ2n) is 5.32. The number of fused-ring (bicyclic) bond motifs is 1. The molecule has 1 aromatic heterocycles. The molecule has 1 aliphatic carbocycles. The van der Waals surface area contributed by atoms with Crippen molar-refractivity contribution in [2.75, 3.05) is 12.3 Å². The second-order valence-corrected chi connectivity index (χ2v) is 6.28. The lowest BCUT2D eigenvalue weighted by Crippen LogP contribution is -2.25. The molecule has 1 fully saturated rings. The molecule has 110 valence electrons. The van der Waals surface area contributed by atoms with E-state index in [0.717, 1.165) is 34.7 Å². The molecule has 1 amide bonds. The van der Waals surface area contributed by atoms with Crippen molar-refractivity contribution in [3.8, 4) is 0 Å².